The number of ether oxygens (including phenoxy) is 1. The first-order chi connectivity index (χ1) is 14.5. The quantitative estimate of drug-likeness (QED) is 0.298. The van der Waals surface area contributed by atoms with Crippen molar-refractivity contribution in [2.45, 2.75) is 44.8 Å². The summed E-state index contributed by atoms with van der Waals surface area (Å²) in [5.74, 6) is -0.348. The second kappa shape index (κ2) is 9.63. The molecule has 0 aliphatic carbocycles. The van der Waals surface area contributed by atoms with Crippen LogP contribution < -0.4 is 4.74 Å². The van der Waals surface area contributed by atoms with E-state index in [1.54, 1.807) is 6.92 Å². The van der Waals surface area contributed by atoms with Gasteiger partial charge in [0.1, 0.15) is 11.4 Å². The molecule has 3 atom stereocenters. The summed E-state index contributed by atoms with van der Waals surface area (Å²) in [5, 5.41) is 0.921. The number of halogens is 4. The van der Waals surface area contributed by atoms with Crippen LogP contribution in [0.4, 0.5) is 13.2 Å². The van der Waals surface area contributed by atoms with Crippen molar-refractivity contribution < 1.29 is 31.9 Å². The van der Waals surface area contributed by atoms with Crippen LogP contribution in [0.3, 0.4) is 0 Å². The molecule has 0 saturated carbocycles. The van der Waals surface area contributed by atoms with Gasteiger partial charge in [0.2, 0.25) is 0 Å². The van der Waals surface area contributed by atoms with Crippen LogP contribution in [0.5, 0.6) is 5.75 Å². The summed E-state index contributed by atoms with van der Waals surface area (Å²) in [5.41, 5.74) is -0.298. The van der Waals surface area contributed by atoms with Crippen LogP contribution in [0.1, 0.15) is 36.4 Å². The third-order valence-corrected chi connectivity index (χ3v) is 9.21. The summed E-state index contributed by atoms with van der Waals surface area (Å²) >= 11 is 4.96. The molecule has 10 heteroatoms. The van der Waals surface area contributed by atoms with Gasteiger partial charge >= 0.3 is 14.0 Å². The molecule has 0 saturated heterocycles. The molecule has 0 bridgehead atoms. The predicted octanol–water partition coefficient (Wildman–Crippen LogP) is 7.85. The molecular weight excluding hydrogens is 516 g/mol. The average Bonchev–Trinajstić information content (AvgIpc) is 3.02. The minimum Gasteiger partial charge on any atom is -0.406 e. The number of benzene rings is 2. The fraction of sp³-hybridized carbons (Fsp3) is 0.333. The molecule has 0 radical (unpaired) electrons. The molecule has 0 amide bonds. The van der Waals surface area contributed by atoms with Crippen LogP contribution >= 0.6 is 34.9 Å². The van der Waals surface area contributed by atoms with Gasteiger partial charge in [-0.05, 0) is 59.5 Å². The van der Waals surface area contributed by atoms with Gasteiger partial charge in [-0.2, -0.15) is 0 Å². The summed E-state index contributed by atoms with van der Waals surface area (Å²) < 4.78 is 61.7. The Morgan fingerprint density at radius 3 is 2.39 bits per heavy atom. The Balaban J connectivity index is 1.98. The molecule has 3 rings (SSSR count). The number of alkyl halides is 3. The lowest BCUT2D eigenvalue weighted by molar-refractivity contribution is -0.274. The van der Waals surface area contributed by atoms with E-state index in [2.05, 4.69) is 20.7 Å². The molecule has 0 spiro atoms. The van der Waals surface area contributed by atoms with E-state index >= 15 is 0 Å². The molecular formula is C21H21BrF3O4PS. The summed E-state index contributed by atoms with van der Waals surface area (Å²) in [4.78, 5) is 11.6. The van der Waals surface area contributed by atoms with Gasteiger partial charge in [-0.25, -0.2) is 0 Å². The summed E-state index contributed by atoms with van der Waals surface area (Å²) in [6, 6.07) is 12.9. The zero-order valence-corrected chi connectivity index (χ0v) is 20.0. The zero-order valence-electron chi connectivity index (χ0n) is 16.7. The third kappa shape index (κ3) is 6.11. The first-order valence-electron chi connectivity index (χ1n) is 9.52. The Hall–Kier alpha value is -1.38. The number of hydrogen-bond acceptors (Lipinski definition) is 4. The smallest absolute Gasteiger partial charge is 0.406 e. The van der Waals surface area contributed by atoms with Gasteiger partial charge in [-0.3, -0.25) is 4.57 Å². The molecule has 31 heavy (non-hydrogen) atoms. The van der Waals surface area contributed by atoms with Gasteiger partial charge in [-0.1, -0.05) is 37.3 Å². The van der Waals surface area contributed by atoms with Crippen molar-refractivity contribution in [1.82, 2.24) is 0 Å². The largest absolute Gasteiger partial charge is 0.573 e. The zero-order chi connectivity index (χ0) is 22.8. The van der Waals surface area contributed by atoms with Crippen molar-refractivity contribution in [2.24, 2.45) is 0 Å². The molecule has 2 aromatic carbocycles. The highest BCUT2D eigenvalue weighted by Gasteiger charge is 2.38. The molecule has 1 aromatic heterocycles. The SMILES string of the molecule is CCC(C)OP(=O)(O)C(Cc1ccc(OC(F)(F)F)cc1)c1sc2ccccc2c1Br. The monoisotopic (exact) mass is 536 g/mol. The Morgan fingerprint density at radius 1 is 1.16 bits per heavy atom. The van der Waals surface area contributed by atoms with E-state index in [0.29, 0.717) is 16.9 Å². The first-order valence-corrected chi connectivity index (χ1v) is 12.8. The van der Waals surface area contributed by atoms with Crippen molar-refractivity contribution in [3.8, 4) is 5.75 Å². The Bertz CT molecular complexity index is 1080. The predicted molar refractivity (Wildman–Crippen MR) is 120 cm³/mol. The van der Waals surface area contributed by atoms with Crippen LogP contribution in [0.15, 0.2) is 53.0 Å². The van der Waals surface area contributed by atoms with Crippen molar-refractivity contribution in [1.29, 1.82) is 0 Å². The lowest BCUT2D eigenvalue weighted by Gasteiger charge is -2.25. The Kier molecular flexibility index (Phi) is 7.54. The fourth-order valence-electron chi connectivity index (χ4n) is 3.06. The van der Waals surface area contributed by atoms with E-state index in [4.69, 9.17) is 4.52 Å². The van der Waals surface area contributed by atoms with Gasteiger partial charge in [0.15, 0.2) is 0 Å². The van der Waals surface area contributed by atoms with Gasteiger partial charge < -0.3 is 14.2 Å². The molecule has 1 N–H and O–H groups in total. The summed E-state index contributed by atoms with van der Waals surface area (Å²) in [7, 11) is -4.12. The number of fused-ring (bicyclic) bond motifs is 1. The minimum absolute atomic E-state index is 0.113. The molecule has 0 aliphatic rings. The second-order valence-corrected chi connectivity index (χ2v) is 10.9. The van der Waals surface area contributed by atoms with Gasteiger partial charge in [0, 0.05) is 19.4 Å². The van der Waals surface area contributed by atoms with Crippen molar-refractivity contribution in [3.05, 3.63) is 63.4 Å². The number of hydrogen-bond donors (Lipinski definition) is 1. The first kappa shape index (κ1) is 24.3. The van der Waals surface area contributed by atoms with Crippen molar-refractivity contribution in [3.63, 3.8) is 0 Å². The van der Waals surface area contributed by atoms with E-state index in [9.17, 15) is 22.6 Å². The maximum atomic E-state index is 13.3. The molecule has 1 heterocycles. The van der Waals surface area contributed by atoms with Gasteiger partial charge in [-0.15, -0.1) is 24.5 Å². The van der Waals surface area contributed by atoms with Crippen molar-refractivity contribution >= 4 is 44.9 Å². The topological polar surface area (TPSA) is 55.8 Å². The van der Waals surface area contributed by atoms with E-state index in [0.717, 1.165) is 14.6 Å². The van der Waals surface area contributed by atoms with Crippen LogP contribution in [0.25, 0.3) is 10.1 Å². The molecule has 4 nitrogen and oxygen atoms in total. The van der Waals surface area contributed by atoms with Crippen molar-refractivity contribution in [2.75, 3.05) is 0 Å². The lowest BCUT2D eigenvalue weighted by Crippen LogP contribution is -2.17. The van der Waals surface area contributed by atoms with Crippen LogP contribution in [-0.4, -0.2) is 17.4 Å². The molecule has 168 valence electrons. The third-order valence-electron chi connectivity index (χ3n) is 4.75. The minimum atomic E-state index is -4.78. The maximum Gasteiger partial charge on any atom is 0.573 e. The summed E-state index contributed by atoms with van der Waals surface area (Å²) in [6.45, 7) is 3.58. The molecule has 3 unspecified atom stereocenters. The highest BCUT2D eigenvalue weighted by molar-refractivity contribution is 9.10. The maximum absolute atomic E-state index is 13.3. The van der Waals surface area contributed by atoms with Gasteiger partial charge in [0.25, 0.3) is 0 Å². The highest BCUT2D eigenvalue weighted by Crippen LogP contribution is 2.62. The molecule has 3 aromatic rings. The van der Waals surface area contributed by atoms with Gasteiger partial charge in [0.05, 0.1) is 6.10 Å². The number of rotatable bonds is 8. The fourth-order valence-corrected chi connectivity index (χ4v) is 7.55. The number of thiophene rings is 1. The van der Waals surface area contributed by atoms with Crippen LogP contribution in [-0.2, 0) is 15.5 Å². The summed E-state index contributed by atoms with van der Waals surface area (Å²) in [6.07, 6.45) is -4.53. The standard InChI is InChI=1S/C21H21BrF3O4PS/c1-3-13(2)29-30(26,27)17(20-19(22)16-6-4-5-7-18(16)31-20)12-14-8-10-15(11-9-14)28-21(23,24)25/h4-11,13,17H,3,12H2,1-2H3,(H,26,27). The van der Waals surface area contributed by atoms with Crippen LogP contribution in [0, 0.1) is 0 Å². The lowest BCUT2D eigenvalue weighted by atomic mass is 10.1. The normalized spacial score (nSPS) is 16.1. The average molecular weight is 537 g/mol. The Labute approximate surface area is 190 Å². The van der Waals surface area contributed by atoms with E-state index in [1.165, 1.54) is 35.6 Å². The van der Waals surface area contributed by atoms with Crippen LogP contribution in [0.2, 0.25) is 0 Å². The second-order valence-electron chi connectivity index (χ2n) is 7.08. The molecule has 0 aliphatic heterocycles. The van der Waals surface area contributed by atoms with E-state index in [1.807, 2.05) is 31.2 Å². The van der Waals surface area contributed by atoms with E-state index in [-0.39, 0.29) is 12.2 Å². The molecule has 0 fully saturated rings. The Morgan fingerprint density at radius 2 is 1.81 bits per heavy atom. The van der Waals surface area contributed by atoms with E-state index < -0.39 is 25.7 Å². The highest BCUT2D eigenvalue weighted by atomic mass is 79.9.